The molecule has 0 aromatic heterocycles. The molecule has 4 rings (SSSR count). The van der Waals surface area contributed by atoms with E-state index in [2.05, 4.69) is 4.99 Å². The maximum Gasteiger partial charge on any atom is 0.416 e. The van der Waals surface area contributed by atoms with Crippen molar-refractivity contribution in [2.24, 2.45) is 4.99 Å². The Bertz CT molecular complexity index is 1200. The van der Waals surface area contributed by atoms with E-state index in [0.29, 0.717) is 28.7 Å². The Balaban J connectivity index is 0.000000229. The number of nitrogens with zero attached hydrogens (tertiary/aromatic N) is 1. The first kappa shape index (κ1) is 24.7. The van der Waals surface area contributed by atoms with Crippen molar-refractivity contribution >= 4 is 24.2 Å². The van der Waals surface area contributed by atoms with Crippen LogP contribution in [0.5, 0.6) is 0 Å². The summed E-state index contributed by atoms with van der Waals surface area (Å²) < 4.78 is 78.2. The van der Waals surface area contributed by atoms with Crippen LogP contribution in [-0.4, -0.2) is 18.5 Å². The summed E-state index contributed by atoms with van der Waals surface area (Å²) in [6.07, 6.45) is -6.73. The lowest BCUT2D eigenvalue weighted by Gasteiger charge is -2.05. The number of esters is 1. The first-order valence-corrected chi connectivity index (χ1v) is 9.62. The topological polar surface area (TPSA) is 55.7 Å². The fourth-order valence-electron chi connectivity index (χ4n) is 2.91. The maximum atomic E-state index is 12.5. The Morgan fingerprint density at radius 1 is 0.765 bits per heavy atom. The molecule has 0 aliphatic carbocycles. The third-order valence-electron chi connectivity index (χ3n) is 4.68. The fraction of sp³-hybridized carbons (Fsp3) is 0.125. The summed E-state index contributed by atoms with van der Waals surface area (Å²) in [4.78, 5) is 25.8. The molecule has 0 saturated carbocycles. The number of hydrogen-bond donors (Lipinski definition) is 0. The average molecular weight is 479 g/mol. The third-order valence-corrected chi connectivity index (χ3v) is 4.68. The van der Waals surface area contributed by atoms with Gasteiger partial charge in [-0.15, -0.1) is 0 Å². The van der Waals surface area contributed by atoms with Gasteiger partial charge in [0, 0.05) is 17.3 Å². The van der Waals surface area contributed by atoms with E-state index < -0.39 is 23.5 Å². The number of ether oxygens (including phenoxy) is 1. The van der Waals surface area contributed by atoms with Crippen LogP contribution < -0.4 is 0 Å². The molecular formula is C24H15F6NO3. The number of carbonyl (C=O) groups excluding carboxylic acids is 2. The first-order valence-electron chi connectivity index (χ1n) is 9.62. The average Bonchev–Trinajstić information content (AvgIpc) is 3.19. The summed E-state index contributed by atoms with van der Waals surface area (Å²) in [5.74, 6) is -0.387. The maximum absolute atomic E-state index is 12.5. The molecule has 3 aromatic carbocycles. The van der Waals surface area contributed by atoms with Crippen molar-refractivity contribution in [1.29, 1.82) is 0 Å². The third kappa shape index (κ3) is 6.09. The van der Waals surface area contributed by atoms with E-state index in [1.165, 1.54) is 18.3 Å². The van der Waals surface area contributed by atoms with Gasteiger partial charge in [0.1, 0.15) is 12.9 Å². The smallest absolute Gasteiger partial charge is 0.416 e. The van der Waals surface area contributed by atoms with Gasteiger partial charge in [-0.05, 0) is 42.0 Å². The molecule has 0 amide bonds. The second-order valence-corrected chi connectivity index (χ2v) is 6.99. The molecule has 176 valence electrons. The predicted octanol–water partition coefficient (Wildman–Crippen LogP) is 6.64. The van der Waals surface area contributed by atoms with Crippen molar-refractivity contribution in [2.75, 3.05) is 0 Å². The number of halogens is 6. The van der Waals surface area contributed by atoms with Gasteiger partial charge in [0.15, 0.2) is 0 Å². The Labute approximate surface area is 189 Å². The summed E-state index contributed by atoms with van der Waals surface area (Å²) in [5, 5.41) is 0. The van der Waals surface area contributed by atoms with Crippen LogP contribution in [0.4, 0.5) is 32.0 Å². The highest BCUT2D eigenvalue weighted by Crippen LogP contribution is 2.31. The Morgan fingerprint density at radius 3 is 1.79 bits per heavy atom. The summed E-state index contributed by atoms with van der Waals surface area (Å²) >= 11 is 0. The zero-order valence-electron chi connectivity index (χ0n) is 17.2. The SMILES string of the molecule is O=C1OCc2c(N=Cc3ccc(C(F)(F)F)cc3)cccc21.O=Cc1ccc(C(F)(F)F)cc1. The molecule has 0 N–H and O–H groups in total. The lowest BCUT2D eigenvalue weighted by Crippen LogP contribution is -2.04. The summed E-state index contributed by atoms with van der Waals surface area (Å²) in [6, 6.07) is 13.8. The Morgan fingerprint density at radius 2 is 1.29 bits per heavy atom. The van der Waals surface area contributed by atoms with Crippen LogP contribution in [0, 0.1) is 0 Å². The van der Waals surface area contributed by atoms with Crippen molar-refractivity contribution in [3.8, 4) is 0 Å². The number of alkyl halides is 6. The van der Waals surface area contributed by atoms with Gasteiger partial charge < -0.3 is 4.74 Å². The van der Waals surface area contributed by atoms with Gasteiger partial charge in [-0.3, -0.25) is 9.79 Å². The number of hydrogen-bond acceptors (Lipinski definition) is 4. The van der Waals surface area contributed by atoms with Crippen LogP contribution in [-0.2, 0) is 23.7 Å². The van der Waals surface area contributed by atoms with Crippen molar-refractivity contribution < 1.29 is 40.7 Å². The molecule has 10 heteroatoms. The minimum Gasteiger partial charge on any atom is -0.457 e. The van der Waals surface area contributed by atoms with E-state index in [-0.39, 0.29) is 18.1 Å². The molecule has 34 heavy (non-hydrogen) atoms. The van der Waals surface area contributed by atoms with Gasteiger partial charge in [-0.25, -0.2) is 4.79 Å². The lowest BCUT2D eigenvalue weighted by molar-refractivity contribution is -0.138. The van der Waals surface area contributed by atoms with Crippen LogP contribution in [0.25, 0.3) is 0 Å². The Kier molecular flexibility index (Phi) is 7.19. The second kappa shape index (κ2) is 9.90. The zero-order valence-corrected chi connectivity index (χ0v) is 17.2. The second-order valence-electron chi connectivity index (χ2n) is 6.99. The number of aliphatic imine (C=N–C) groups is 1. The molecule has 0 unspecified atom stereocenters. The number of rotatable bonds is 3. The fourth-order valence-corrected chi connectivity index (χ4v) is 2.91. The monoisotopic (exact) mass is 479 g/mol. The molecule has 1 aliphatic rings. The van der Waals surface area contributed by atoms with Crippen LogP contribution in [0.15, 0.2) is 71.7 Å². The molecule has 0 spiro atoms. The number of carbonyl (C=O) groups is 2. The molecule has 0 fully saturated rings. The highest BCUT2D eigenvalue weighted by molar-refractivity contribution is 5.95. The van der Waals surface area contributed by atoms with Gasteiger partial charge in [-0.2, -0.15) is 26.3 Å². The minimum atomic E-state index is -4.35. The van der Waals surface area contributed by atoms with Crippen molar-refractivity contribution in [1.82, 2.24) is 0 Å². The van der Waals surface area contributed by atoms with E-state index >= 15 is 0 Å². The number of aldehydes is 1. The van der Waals surface area contributed by atoms with E-state index in [0.717, 1.165) is 36.4 Å². The largest absolute Gasteiger partial charge is 0.457 e. The standard InChI is InChI=1S/C16H10F3NO2.C8H5F3O/c17-16(18,19)11-6-4-10(5-7-11)8-20-14-3-1-2-12-13(14)9-22-15(12)21;9-8(10,11)7-3-1-6(5-12)2-4-7/h1-8H,9H2;1-5H. The highest BCUT2D eigenvalue weighted by Gasteiger charge is 2.30. The summed E-state index contributed by atoms with van der Waals surface area (Å²) in [7, 11) is 0. The molecule has 0 saturated heterocycles. The van der Waals surface area contributed by atoms with Gasteiger partial charge in [0.25, 0.3) is 0 Å². The van der Waals surface area contributed by atoms with Gasteiger partial charge in [0.2, 0.25) is 0 Å². The number of benzene rings is 3. The van der Waals surface area contributed by atoms with Gasteiger partial charge >= 0.3 is 18.3 Å². The van der Waals surface area contributed by atoms with Gasteiger partial charge in [0.05, 0.1) is 22.4 Å². The lowest BCUT2D eigenvalue weighted by atomic mass is 10.1. The van der Waals surface area contributed by atoms with Crippen LogP contribution >= 0.6 is 0 Å². The van der Waals surface area contributed by atoms with Gasteiger partial charge in [-0.1, -0.05) is 30.3 Å². The molecule has 0 radical (unpaired) electrons. The van der Waals surface area contributed by atoms with E-state index in [4.69, 9.17) is 4.74 Å². The molecule has 1 heterocycles. The van der Waals surface area contributed by atoms with Crippen LogP contribution in [0.2, 0.25) is 0 Å². The molecular weight excluding hydrogens is 464 g/mol. The van der Waals surface area contributed by atoms with Crippen molar-refractivity contribution in [3.05, 3.63) is 100 Å². The van der Waals surface area contributed by atoms with Crippen molar-refractivity contribution in [3.63, 3.8) is 0 Å². The minimum absolute atomic E-state index is 0.161. The molecule has 0 bridgehead atoms. The van der Waals surface area contributed by atoms with E-state index in [1.54, 1.807) is 18.2 Å². The predicted molar refractivity (Wildman–Crippen MR) is 111 cm³/mol. The normalized spacial score (nSPS) is 13.2. The van der Waals surface area contributed by atoms with Crippen LogP contribution in [0.3, 0.4) is 0 Å². The molecule has 0 atom stereocenters. The highest BCUT2D eigenvalue weighted by atomic mass is 19.4. The van der Waals surface area contributed by atoms with E-state index in [9.17, 15) is 35.9 Å². The number of cyclic esters (lactones) is 1. The summed E-state index contributed by atoms with van der Waals surface area (Å²) in [6.45, 7) is 0.161. The first-order chi connectivity index (χ1) is 16.0. The quantitative estimate of drug-likeness (QED) is 0.183. The zero-order chi connectivity index (χ0) is 24.9. The molecule has 4 nitrogen and oxygen atoms in total. The van der Waals surface area contributed by atoms with E-state index in [1.807, 2.05) is 0 Å². The van der Waals surface area contributed by atoms with Crippen molar-refractivity contribution in [2.45, 2.75) is 19.0 Å². The molecule has 3 aromatic rings. The summed E-state index contributed by atoms with van der Waals surface area (Å²) in [5.41, 5.74) is 1.07. The Hall–Kier alpha value is -3.95. The molecule has 1 aliphatic heterocycles. The van der Waals surface area contributed by atoms with Crippen LogP contribution in [0.1, 0.15) is 43.0 Å². The number of fused-ring (bicyclic) bond motifs is 1.